The van der Waals surface area contributed by atoms with Crippen LogP contribution < -0.4 is 4.74 Å². The van der Waals surface area contributed by atoms with E-state index in [4.69, 9.17) is 9.47 Å². The van der Waals surface area contributed by atoms with Crippen molar-refractivity contribution in [1.29, 1.82) is 0 Å². The van der Waals surface area contributed by atoms with Crippen molar-refractivity contribution in [2.75, 3.05) is 20.3 Å². The maximum atomic E-state index is 12.8. The fourth-order valence-corrected chi connectivity index (χ4v) is 3.91. The Morgan fingerprint density at radius 2 is 2.08 bits per heavy atom. The Labute approximate surface area is 145 Å². The lowest BCUT2D eigenvalue weighted by atomic mass is 9.85. The van der Waals surface area contributed by atoms with Gasteiger partial charge in [0, 0.05) is 25.3 Å². The number of ether oxygens (including phenoxy) is 2. The van der Waals surface area contributed by atoms with E-state index < -0.39 is 0 Å². The Bertz CT molecular complexity index is 554. The Hall–Kier alpha value is -1.55. The molecule has 132 valence electrons. The summed E-state index contributed by atoms with van der Waals surface area (Å²) in [5.74, 6) is 1.42. The van der Waals surface area contributed by atoms with Gasteiger partial charge in [-0.15, -0.1) is 0 Å². The summed E-state index contributed by atoms with van der Waals surface area (Å²) < 4.78 is 11.4. The molecule has 3 rings (SSSR count). The van der Waals surface area contributed by atoms with Crippen molar-refractivity contribution in [2.24, 2.45) is 5.92 Å². The molecule has 1 aromatic rings. The molecule has 1 saturated heterocycles. The number of hydrogen-bond acceptors (Lipinski definition) is 3. The highest BCUT2D eigenvalue weighted by molar-refractivity contribution is 5.94. The van der Waals surface area contributed by atoms with Gasteiger partial charge in [0.25, 0.3) is 5.91 Å². The van der Waals surface area contributed by atoms with Gasteiger partial charge < -0.3 is 14.4 Å². The van der Waals surface area contributed by atoms with E-state index in [0.717, 1.165) is 31.6 Å². The van der Waals surface area contributed by atoms with Gasteiger partial charge in [-0.25, -0.2) is 0 Å². The van der Waals surface area contributed by atoms with Crippen molar-refractivity contribution in [1.82, 2.24) is 4.90 Å². The molecule has 1 aliphatic heterocycles. The largest absolute Gasteiger partial charge is 0.491 e. The van der Waals surface area contributed by atoms with Crippen LogP contribution in [0, 0.1) is 5.92 Å². The minimum Gasteiger partial charge on any atom is -0.491 e. The van der Waals surface area contributed by atoms with E-state index in [-0.39, 0.29) is 12.0 Å². The molecule has 4 nitrogen and oxygen atoms in total. The lowest BCUT2D eigenvalue weighted by molar-refractivity contribution is 0.0625. The van der Waals surface area contributed by atoms with Crippen molar-refractivity contribution < 1.29 is 14.3 Å². The second-order valence-corrected chi connectivity index (χ2v) is 7.22. The first-order valence-corrected chi connectivity index (χ1v) is 9.27. The molecule has 0 radical (unpaired) electrons. The monoisotopic (exact) mass is 331 g/mol. The highest BCUT2D eigenvalue weighted by atomic mass is 16.5. The average Bonchev–Trinajstić information content (AvgIpc) is 3.13. The number of benzene rings is 1. The summed E-state index contributed by atoms with van der Waals surface area (Å²) in [7, 11) is 1.94. The SMILES string of the molecule is CC1CCCCC1N(C)C(=O)c1cccc(OCC2CCCO2)c1. The smallest absolute Gasteiger partial charge is 0.253 e. The summed E-state index contributed by atoms with van der Waals surface area (Å²) in [6.45, 7) is 3.65. The molecule has 24 heavy (non-hydrogen) atoms. The maximum Gasteiger partial charge on any atom is 0.253 e. The third kappa shape index (κ3) is 4.10. The Morgan fingerprint density at radius 1 is 1.25 bits per heavy atom. The van der Waals surface area contributed by atoms with Crippen LogP contribution in [0.2, 0.25) is 0 Å². The lowest BCUT2D eigenvalue weighted by Gasteiger charge is -2.36. The summed E-state index contributed by atoms with van der Waals surface area (Å²) in [4.78, 5) is 14.8. The average molecular weight is 331 g/mol. The molecule has 1 aliphatic carbocycles. The first-order valence-electron chi connectivity index (χ1n) is 9.27. The van der Waals surface area contributed by atoms with Gasteiger partial charge in [0.15, 0.2) is 0 Å². The normalized spacial score (nSPS) is 27.0. The fraction of sp³-hybridized carbons (Fsp3) is 0.650. The highest BCUT2D eigenvalue weighted by Gasteiger charge is 2.28. The Balaban J connectivity index is 1.62. The summed E-state index contributed by atoms with van der Waals surface area (Å²) in [6.07, 6.45) is 7.18. The van der Waals surface area contributed by atoms with Crippen LogP contribution in [0.5, 0.6) is 5.75 Å². The number of carbonyl (C=O) groups excluding carboxylic acids is 1. The molecular weight excluding hydrogens is 302 g/mol. The molecule has 0 N–H and O–H groups in total. The first kappa shape index (κ1) is 17.3. The van der Waals surface area contributed by atoms with Crippen molar-refractivity contribution >= 4 is 5.91 Å². The van der Waals surface area contributed by atoms with Crippen molar-refractivity contribution in [3.05, 3.63) is 29.8 Å². The van der Waals surface area contributed by atoms with Crippen LogP contribution in [0.1, 0.15) is 55.8 Å². The van der Waals surface area contributed by atoms with Gasteiger partial charge in [-0.1, -0.05) is 25.8 Å². The highest BCUT2D eigenvalue weighted by Crippen LogP contribution is 2.28. The van der Waals surface area contributed by atoms with Crippen LogP contribution in [0.3, 0.4) is 0 Å². The third-order valence-corrected chi connectivity index (χ3v) is 5.42. The van der Waals surface area contributed by atoms with Gasteiger partial charge in [0.2, 0.25) is 0 Å². The summed E-state index contributed by atoms with van der Waals surface area (Å²) in [6, 6.07) is 7.90. The molecule has 0 aromatic heterocycles. The van der Waals surface area contributed by atoms with Gasteiger partial charge in [-0.3, -0.25) is 4.79 Å². The van der Waals surface area contributed by atoms with E-state index in [0.29, 0.717) is 24.1 Å². The van der Waals surface area contributed by atoms with Crippen LogP contribution in [-0.2, 0) is 4.74 Å². The van der Waals surface area contributed by atoms with E-state index in [9.17, 15) is 4.79 Å². The summed E-state index contributed by atoms with van der Waals surface area (Å²) in [5.41, 5.74) is 0.708. The predicted octanol–water partition coefficient (Wildman–Crippen LogP) is 3.90. The lowest BCUT2D eigenvalue weighted by Crippen LogP contribution is -2.42. The summed E-state index contributed by atoms with van der Waals surface area (Å²) >= 11 is 0. The van der Waals surface area contributed by atoms with Crippen LogP contribution in [0.4, 0.5) is 0 Å². The molecule has 2 fully saturated rings. The van der Waals surface area contributed by atoms with Gasteiger partial charge in [0.05, 0.1) is 6.10 Å². The molecule has 0 bridgehead atoms. The number of amides is 1. The molecule has 4 heteroatoms. The van der Waals surface area contributed by atoms with Gasteiger partial charge in [-0.2, -0.15) is 0 Å². The molecule has 1 aromatic carbocycles. The quantitative estimate of drug-likeness (QED) is 0.821. The zero-order chi connectivity index (χ0) is 16.9. The fourth-order valence-electron chi connectivity index (χ4n) is 3.91. The summed E-state index contributed by atoms with van der Waals surface area (Å²) in [5, 5.41) is 0. The number of rotatable bonds is 5. The molecule has 3 unspecified atom stereocenters. The van der Waals surface area contributed by atoms with Crippen molar-refractivity contribution in [3.63, 3.8) is 0 Å². The van der Waals surface area contributed by atoms with Gasteiger partial charge in [0.1, 0.15) is 12.4 Å². The number of nitrogens with zero attached hydrogens (tertiary/aromatic N) is 1. The van der Waals surface area contributed by atoms with E-state index in [1.165, 1.54) is 19.3 Å². The zero-order valence-corrected chi connectivity index (χ0v) is 14.9. The predicted molar refractivity (Wildman–Crippen MR) is 94.4 cm³/mol. The molecule has 3 atom stereocenters. The third-order valence-electron chi connectivity index (χ3n) is 5.42. The van der Waals surface area contributed by atoms with E-state index in [1.807, 2.05) is 36.2 Å². The number of carbonyl (C=O) groups is 1. The van der Waals surface area contributed by atoms with Crippen molar-refractivity contribution in [3.8, 4) is 5.75 Å². The maximum absolute atomic E-state index is 12.8. The van der Waals surface area contributed by atoms with E-state index in [1.54, 1.807) is 0 Å². The van der Waals surface area contributed by atoms with Crippen LogP contribution in [-0.4, -0.2) is 43.2 Å². The van der Waals surface area contributed by atoms with Crippen molar-refractivity contribution in [2.45, 2.75) is 57.6 Å². The molecule has 1 amide bonds. The zero-order valence-electron chi connectivity index (χ0n) is 14.9. The Morgan fingerprint density at radius 3 is 2.83 bits per heavy atom. The molecule has 2 aliphatic rings. The molecule has 1 heterocycles. The molecule has 1 saturated carbocycles. The molecule has 0 spiro atoms. The van der Waals surface area contributed by atoms with E-state index in [2.05, 4.69) is 6.92 Å². The minimum absolute atomic E-state index is 0.0938. The second kappa shape index (κ2) is 8.02. The number of hydrogen-bond donors (Lipinski definition) is 0. The van der Waals surface area contributed by atoms with Gasteiger partial charge >= 0.3 is 0 Å². The first-order chi connectivity index (χ1) is 11.6. The second-order valence-electron chi connectivity index (χ2n) is 7.22. The van der Waals surface area contributed by atoms with Crippen LogP contribution >= 0.6 is 0 Å². The minimum atomic E-state index is 0.0938. The van der Waals surface area contributed by atoms with Crippen LogP contribution in [0.15, 0.2) is 24.3 Å². The Kier molecular flexibility index (Phi) is 5.77. The standard InChI is InChI=1S/C20H29NO3/c1-15-7-3-4-11-19(15)21(2)20(22)16-8-5-9-17(13-16)24-14-18-10-6-12-23-18/h5,8-9,13,15,18-19H,3-4,6-7,10-12,14H2,1-2H3. The van der Waals surface area contributed by atoms with E-state index >= 15 is 0 Å². The van der Waals surface area contributed by atoms with Gasteiger partial charge in [-0.05, 0) is 49.8 Å². The van der Waals surface area contributed by atoms with Crippen LogP contribution in [0.25, 0.3) is 0 Å². The topological polar surface area (TPSA) is 38.8 Å². The molecular formula is C20H29NO3.